The molecule has 6 nitrogen and oxygen atoms in total. The van der Waals surface area contributed by atoms with Gasteiger partial charge in [-0.1, -0.05) is 11.6 Å². The predicted molar refractivity (Wildman–Crippen MR) is 86.0 cm³/mol. The molecule has 2 heterocycles. The summed E-state index contributed by atoms with van der Waals surface area (Å²) in [4.78, 5) is 16.6. The minimum Gasteiger partial charge on any atom is -0.496 e. The van der Waals surface area contributed by atoms with Crippen molar-refractivity contribution < 1.29 is 9.53 Å². The molecule has 1 aromatic carbocycles. The van der Waals surface area contributed by atoms with Crippen LogP contribution < -0.4 is 9.64 Å². The molecule has 0 atom stereocenters. The molecule has 1 aliphatic heterocycles. The fourth-order valence-corrected chi connectivity index (χ4v) is 3.06. The van der Waals surface area contributed by atoms with Crippen LogP contribution in [0.4, 0.5) is 5.82 Å². The number of amides is 1. The van der Waals surface area contributed by atoms with Crippen molar-refractivity contribution in [2.45, 2.75) is 0 Å². The molecule has 116 valence electrons. The molecule has 1 saturated heterocycles. The summed E-state index contributed by atoms with van der Waals surface area (Å²) in [5, 5.41) is 0.524. The maximum absolute atomic E-state index is 12.7. The monoisotopic (exact) mass is 338 g/mol. The van der Waals surface area contributed by atoms with Crippen molar-refractivity contribution in [1.29, 1.82) is 0 Å². The van der Waals surface area contributed by atoms with Crippen LogP contribution in [-0.2, 0) is 0 Å². The molecule has 0 radical (unpaired) electrons. The smallest absolute Gasteiger partial charge is 0.257 e. The van der Waals surface area contributed by atoms with Gasteiger partial charge >= 0.3 is 0 Å². The molecule has 22 heavy (non-hydrogen) atoms. The van der Waals surface area contributed by atoms with E-state index in [1.165, 1.54) is 11.7 Å². The molecule has 0 saturated carbocycles. The first-order valence-electron chi connectivity index (χ1n) is 6.84. The van der Waals surface area contributed by atoms with Gasteiger partial charge in [-0.15, -0.1) is 0 Å². The normalized spacial score (nSPS) is 15.0. The Balaban J connectivity index is 1.71. The molecule has 1 fully saturated rings. The van der Waals surface area contributed by atoms with Gasteiger partial charge in [0.25, 0.3) is 5.91 Å². The first-order valence-corrected chi connectivity index (χ1v) is 7.95. The van der Waals surface area contributed by atoms with E-state index in [0.29, 0.717) is 29.4 Å². The van der Waals surface area contributed by atoms with Crippen molar-refractivity contribution >= 4 is 35.1 Å². The molecule has 1 amide bonds. The Morgan fingerprint density at radius 1 is 1.32 bits per heavy atom. The number of benzene rings is 1. The van der Waals surface area contributed by atoms with Crippen molar-refractivity contribution in [2.24, 2.45) is 0 Å². The zero-order valence-corrected chi connectivity index (χ0v) is 13.6. The van der Waals surface area contributed by atoms with Crippen molar-refractivity contribution in [1.82, 2.24) is 13.6 Å². The molecule has 0 spiro atoms. The van der Waals surface area contributed by atoms with Gasteiger partial charge in [-0.25, -0.2) is 0 Å². The van der Waals surface area contributed by atoms with E-state index >= 15 is 0 Å². The van der Waals surface area contributed by atoms with Crippen LogP contribution in [0, 0.1) is 0 Å². The second kappa shape index (κ2) is 6.50. The third-order valence-electron chi connectivity index (χ3n) is 3.63. The second-order valence-electron chi connectivity index (χ2n) is 4.89. The summed E-state index contributed by atoms with van der Waals surface area (Å²) in [6.07, 6.45) is 1.75. The van der Waals surface area contributed by atoms with Crippen molar-refractivity contribution in [2.75, 3.05) is 38.2 Å². The lowest BCUT2D eigenvalue weighted by atomic mass is 10.1. The maximum Gasteiger partial charge on any atom is 0.257 e. The Hall–Kier alpha value is -1.86. The number of nitrogens with zero attached hydrogens (tertiary/aromatic N) is 4. The van der Waals surface area contributed by atoms with Gasteiger partial charge < -0.3 is 14.5 Å². The van der Waals surface area contributed by atoms with Crippen LogP contribution in [0.1, 0.15) is 10.4 Å². The van der Waals surface area contributed by atoms with Gasteiger partial charge in [-0.05, 0) is 18.2 Å². The molecule has 3 rings (SSSR count). The summed E-state index contributed by atoms with van der Waals surface area (Å²) in [7, 11) is 1.55. The molecule has 2 aromatic rings. The molecule has 8 heteroatoms. The van der Waals surface area contributed by atoms with Crippen molar-refractivity contribution in [3.8, 4) is 5.75 Å². The topological polar surface area (TPSA) is 58.6 Å². The number of piperazine rings is 1. The van der Waals surface area contributed by atoms with Gasteiger partial charge in [0, 0.05) is 31.2 Å². The van der Waals surface area contributed by atoms with E-state index in [2.05, 4.69) is 13.6 Å². The van der Waals surface area contributed by atoms with E-state index in [4.69, 9.17) is 16.3 Å². The average molecular weight is 339 g/mol. The molecule has 1 aliphatic rings. The Morgan fingerprint density at radius 2 is 2.09 bits per heavy atom. The number of carbonyl (C=O) groups excluding carboxylic acids is 1. The maximum atomic E-state index is 12.7. The lowest BCUT2D eigenvalue weighted by molar-refractivity contribution is 0.0743. The van der Waals surface area contributed by atoms with Crippen LogP contribution in [0.2, 0.25) is 5.02 Å². The Bertz CT molecular complexity index is 657. The summed E-state index contributed by atoms with van der Waals surface area (Å²) in [6, 6.07) is 5.08. The van der Waals surface area contributed by atoms with Crippen LogP contribution in [0.15, 0.2) is 24.4 Å². The number of hydrogen-bond donors (Lipinski definition) is 0. The quantitative estimate of drug-likeness (QED) is 0.858. The highest BCUT2D eigenvalue weighted by Crippen LogP contribution is 2.25. The molecule has 0 aliphatic carbocycles. The van der Waals surface area contributed by atoms with E-state index in [9.17, 15) is 4.79 Å². The number of ether oxygens (including phenoxy) is 1. The van der Waals surface area contributed by atoms with Crippen molar-refractivity contribution in [3.63, 3.8) is 0 Å². The summed E-state index contributed by atoms with van der Waals surface area (Å²) in [5.41, 5.74) is 0.499. The molecular formula is C14H15ClN4O2S. The van der Waals surface area contributed by atoms with Crippen LogP contribution in [0.25, 0.3) is 0 Å². The van der Waals surface area contributed by atoms with Gasteiger partial charge in [-0.2, -0.15) is 8.75 Å². The van der Waals surface area contributed by atoms with Gasteiger partial charge in [0.2, 0.25) is 0 Å². The third kappa shape index (κ3) is 3.00. The lowest BCUT2D eigenvalue weighted by Crippen LogP contribution is -2.49. The molecule has 0 unspecified atom stereocenters. The highest BCUT2D eigenvalue weighted by molar-refractivity contribution is 6.99. The van der Waals surface area contributed by atoms with E-state index in [-0.39, 0.29) is 5.91 Å². The number of anilines is 1. The Labute approximate surface area is 137 Å². The van der Waals surface area contributed by atoms with Crippen LogP contribution >= 0.6 is 23.3 Å². The highest BCUT2D eigenvalue weighted by Gasteiger charge is 2.25. The van der Waals surface area contributed by atoms with Gasteiger partial charge in [0.05, 0.1) is 30.6 Å². The van der Waals surface area contributed by atoms with Crippen molar-refractivity contribution in [3.05, 3.63) is 35.0 Å². The number of halogens is 1. The number of hydrogen-bond acceptors (Lipinski definition) is 6. The van der Waals surface area contributed by atoms with Crippen LogP contribution in [0.3, 0.4) is 0 Å². The Kier molecular flexibility index (Phi) is 4.44. The Morgan fingerprint density at radius 3 is 2.73 bits per heavy atom. The number of methoxy groups -OCH3 is 1. The molecular weight excluding hydrogens is 324 g/mol. The van der Waals surface area contributed by atoms with E-state index in [0.717, 1.165) is 18.9 Å². The summed E-state index contributed by atoms with van der Waals surface area (Å²) >= 11 is 7.19. The fourth-order valence-electron chi connectivity index (χ4n) is 2.46. The third-order valence-corrected chi connectivity index (χ3v) is 4.34. The van der Waals surface area contributed by atoms with E-state index in [1.807, 2.05) is 4.90 Å². The second-order valence-corrected chi connectivity index (χ2v) is 5.88. The summed E-state index contributed by atoms with van der Waals surface area (Å²) in [6.45, 7) is 2.73. The lowest BCUT2D eigenvalue weighted by Gasteiger charge is -2.34. The minimum absolute atomic E-state index is 0.0598. The SMILES string of the molecule is COc1ccc(Cl)cc1C(=O)N1CCN(c2cnsn2)CC1. The first-order chi connectivity index (χ1) is 10.7. The van der Waals surface area contributed by atoms with Gasteiger partial charge in [-0.3, -0.25) is 4.79 Å². The number of rotatable bonds is 3. The zero-order chi connectivity index (χ0) is 15.5. The molecule has 1 aromatic heterocycles. The summed E-state index contributed by atoms with van der Waals surface area (Å²) < 4.78 is 13.5. The number of carbonyl (C=O) groups is 1. The summed E-state index contributed by atoms with van der Waals surface area (Å²) in [5.74, 6) is 1.35. The van der Waals surface area contributed by atoms with Crippen LogP contribution in [-0.4, -0.2) is 52.8 Å². The van der Waals surface area contributed by atoms with Crippen LogP contribution in [0.5, 0.6) is 5.75 Å². The average Bonchev–Trinajstić information content (AvgIpc) is 3.09. The van der Waals surface area contributed by atoms with Gasteiger partial charge in [0.15, 0.2) is 5.82 Å². The number of aromatic nitrogens is 2. The molecule has 0 bridgehead atoms. The highest BCUT2D eigenvalue weighted by atomic mass is 35.5. The zero-order valence-electron chi connectivity index (χ0n) is 12.0. The predicted octanol–water partition coefficient (Wildman–Crippen LogP) is 2.16. The fraction of sp³-hybridized carbons (Fsp3) is 0.357. The van der Waals surface area contributed by atoms with E-state index in [1.54, 1.807) is 31.5 Å². The molecule has 0 N–H and O–H groups in total. The standard InChI is InChI=1S/C14H15ClN4O2S/c1-21-12-3-2-10(15)8-11(12)14(20)19-6-4-18(5-7-19)13-9-16-22-17-13/h2-3,8-9H,4-7H2,1H3. The van der Waals surface area contributed by atoms with Gasteiger partial charge in [0.1, 0.15) is 5.75 Å². The minimum atomic E-state index is -0.0598. The van der Waals surface area contributed by atoms with E-state index < -0.39 is 0 Å². The largest absolute Gasteiger partial charge is 0.496 e. The first kappa shape index (κ1) is 15.1.